The van der Waals surface area contributed by atoms with E-state index in [1.54, 1.807) is 0 Å². The summed E-state index contributed by atoms with van der Waals surface area (Å²) < 4.78 is 0. The Morgan fingerprint density at radius 3 is 2.67 bits per heavy atom. The summed E-state index contributed by atoms with van der Waals surface area (Å²) in [7, 11) is 0. The van der Waals surface area contributed by atoms with Gasteiger partial charge >= 0.3 is 0 Å². The van der Waals surface area contributed by atoms with Crippen molar-refractivity contribution >= 4 is 5.69 Å². The molecule has 0 saturated heterocycles. The molecule has 2 rings (SSSR count). The Kier molecular flexibility index (Phi) is 3.89. The predicted molar refractivity (Wildman–Crippen MR) is 73.1 cm³/mol. The highest BCUT2D eigenvalue weighted by Crippen LogP contribution is 2.19. The van der Waals surface area contributed by atoms with Gasteiger partial charge in [-0.3, -0.25) is 0 Å². The summed E-state index contributed by atoms with van der Waals surface area (Å²) >= 11 is 0. The molecule has 0 amide bonds. The fraction of sp³-hybridized carbons (Fsp3) is 0.286. The van der Waals surface area contributed by atoms with E-state index in [1.807, 2.05) is 30.3 Å². The van der Waals surface area contributed by atoms with Crippen LogP contribution in [0.15, 0.2) is 64.5 Å². The lowest BCUT2D eigenvalue weighted by Crippen LogP contribution is -2.47. The minimum Gasteiger partial charge on any atom is -0.223 e. The lowest BCUT2D eigenvalue weighted by atomic mass is 9.92. The zero-order chi connectivity index (χ0) is 12.8. The quantitative estimate of drug-likeness (QED) is 0.627. The maximum Gasteiger partial charge on any atom is 0.0874 e. The first-order valence-electron chi connectivity index (χ1n) is 6.02. The number of hydrogen-bond donors (Lipinski definition) is 2. The van der Waals surface area contributed by atoms with Gasteiger partial charge in [0.1, 0.15) is 0 Å². The van der Waals surface area contributed by atoms with Crippen LogP contribution >= 0.6 is 0 Å². The lowest BCUT2D eigenvalue weighted by molar-refractivity contribution is 0.367. The molecule has 2 N–H and O–H groups in total. The van der Waals surface area contributed by atoms with Crippen molar-refractivity contribution in [3.05, 3.63) is 54.1 Å². The summed E-state index contributed by atoms with van der Waals surface area (Å²) in [4.78, 5) is 0. The molecular formula is C14H18N4. The Hall–Kier alpha value is -1.94. The minimum absolute atomic E-state index is 0.116. The van der Waals surface area contributed by atoms with Crippen LogP contribution in [-0.4, -0.2) is 5.54 Å². The summed E-state index contributed by atoms with van der Waals surface area (Å²) in [6, 6.07) is 9.62. The van der Waals surface area contributed by atoms with E-state index >= 15 is 0 Å². The fourth-order valence-corrected chi connectivity index (χ4v) is 1.65. The molecule has 0 fully saturated rings. The lowest BCUT2D eigenvalue weighted by Gasteiger charge is -2.27. The predicted octanol–water partition coefficient (Wildman–Crippen LogP) is 3.44. The van der Waals surface area contributed by atoms with Crippen molar-refractivity contribution < 1.29 is 0 Å². The summed E-state index contributed by atoms with van der Waals surface area (Å²) in [5, 5.41) is 7.96. The van der Waals surface area contributed by atoms with Gasteiger partial charge in [-0.25, -0.2) is 11.0 Å². The molecule has 0 saturated carbocycles. The second-order valence-electron chi connectivity index (χ2n) is 4.68. The smallest absolute Gasteiger partial charge is 0.0874 e. The van der Waals surface area contributed by atoms with Crippen LogP contribution in [0.4, 0.5) is 5.69 Å². The van der Waals surface area contributed by atoms with E-state index < -0.39 is 0 Å². The van der Waals surface area contributed by atoms with E-state index in [0.717, 1.165) is 12.1 Å². The molecule has 18 heavy (non-hydrogen) atoms. The molecule has 1 unspecified atom stereocenters. The average Bonchev–Trinajstić information content (AvgIpc) is 2.40. The van der Waals surface area contributed by atoms with E-state index in [2.05, 4.69) is 53.4 Å². The Labute approximate surface area is 107 Å². The van der Waals surface area contributed by atoms with Gasteiger partial charge in [-0.15, -0.1) is 5.11 Å². The Morgan fingerprint density at radius 1 is 1.22 bits per heavy atom. The number of hydrogen-bond acceptors (Lipinski definition) is 3. The number of benzene rings is 1. The second-order valence-corrected chi connectivity index (χ2v) is 4.68. The molecule has 1 aromatic rings. The molecule has 1 aliphatic carbocycles. The van der Waals surface area contributed by atoms with Crippen LogP contribution < -0.4 is 11.0 Å². The highest BCUT2D eigenvalue weighted by atomic mass is 15.6. The minimum atomic E-state index is -0.116. The van der Waals surface area contributed by atoms with Crippen LogP contribution in [0.5, 0.6) is 0 Å². The summed E-state index contributed by atoms with van der Waals surface area (Å²) in [5.41, 5.74) is 7.94. The third-order valence-electron chi connectivity index (χ3n) is 2.88. The van der Waals surface area contributed by atoms with Crippen molar-refractivity contribution in [2.24, 2.45) is 10.3 Å². The van der Waals surface area contributed by atoms with Crippen LogP contribution in [0.1, 0.15) is 20.3 Å². The van der Waals surface area contributed by atoms with Gasteiger partial charge in [-0.1, -0.05) is 47.2 Å². The Morgan fingerprint density at radius 2 is 2.00 bits per heavy atom. The average molecular weight is 242 g/mol. The van der Waals surface area contributed by atoms with Crippen molar-refractivity contribution in [3.63, 3.8) is 0 Å². The standard InChI is InChI=1S/C14H18N4/c1-12-8-10-14(2,11-9-12)16-18-17-15-13-6-4-3-5-7-13/h3-10H,11H2,1-2H3,(H,15,18)(H,16,17). The van der Waals surface area contributed by atoms with E-state index in [9.17, 15) is 0 Å². The van der Waals surface area contributed by atoms with Gasteiger partial charge in [-0.05, 0) is 32.4 Å². The number of rotatable bonds is 4. The number of allylic oxidation sites excluding steroid dienone is 2. The van der Waals surface area contributed by atoms with Gasteiger partial charge < -0.3 is 0 Å². The van der Waals surface area contributed by atoms with E-state index in [4.69, 9.17) is 0 Å². The van der Waals surface area contributed by atoms with Crippen molar-refractivity contribution in [1.82, 2.24) is 11.0 Å². The fourth-order valence-electron chi connectivity index (χ4n) is 1.65. The van der Waals surface area contributed by atoms with Crippen LogP contribution in [0.3, 0.4) is 0 Å². The molecular weight excluding hydrogens is 224 g/mol. The Balaban J connectivity index is 1.83. The molecule has 4 heteroatoms. The topological polar surface area (TPSA) is 48.8 Å². The summed E-state index contributed by atoms with van der Waals surface area (Å²) in [6.45, 7) is 4.20. The van der Waals surface area contributed by atoms with E-state index in [-0.39, 0.29) is 5.54 Å². The highest BCUT2D eigenvalue weighted by Gasteiger charge is 2.20. The van der Waals surface area contributed by atoms with Gasteiger partial charge in [0, 0.05) is 0 Å². The van der Waals surface area contributed by atoms with Crippen molar-refractivity contribution in [2.75, 3.05) is 0 Å². The van der Waals surface area contributed by atoms with Crippen molar-refractivity contribution in [1.29, 1.82) is 0 Å². The molecule has 1 atom stereocenters. The van der Waals surface area contributed by atoms with Gasteiger partial charge in [0.15, 0.2) is 0 Å². The zero-order valence-corrected chi connectivity index (χ0v) is 10.7. The SMILES string of the molecule is CC1=CCC(C)(NNN=Nc2ccccc2)C=C1. The van der Waals surface area contributed by atoms with Gasteiger partial charge in [-0.2, -0.15) is 0 Å². The van der Waals surface area contributed by atoms with Gasteiger partial charge in [0.2, 0.25) is 0 Å². The third-order valence-corrected chi connectivity index (χ3v) is 2.88. The maximum absolute atomic E-state index is 4.05. The first-order valence-corrected chi connectivity index (χ1v) is 6.02. The number of nitrogens with zero attached hydrogens (tertiary/aromatic N) is 2. The maximum atomic E-state index is 4.05. The highest BCUT2D eigenvalue weighted by molar-refractivity contribution is 5.34. The van der Waals surface area contributed by atoms with Crippen LogP contribution in [0.25, 0.3) is 0 Å². The van der Waals surface area contributed by atoms with E-state index in [1.165, 1.54) is 5.57 Å². The largest absolute Gasteiger partial charge is 0.223 e. The van der Waals surface area contributed by atoms with Crippen LogP contribution in [0.2, 0.25) is 0 Å². The van der Waals surface area contributed by atoms with Crippen LogP contribution in [-0.2, 0) is 0 Å². The van der Waals surface area contributed by atoms with Crippen LogP contribution in [0, 0.1) is 0 Å². The Bertz CT molecular complexity index is 476. The molecule has 1 aliphatic rings. The molecule has 4 nitrogen and oxygen atoms in total. The number of hydrazine groups is 1. The van der Waals surface area contributed by atoms with Crippen molar-refractivity contribution in [2.45, 2.75) is 25.8 Å². The molecule has 1 aromatic carbocycles. The molecule has 0 spiro atoms. The monoisotopic (exact) mass is 242 g/mol. The summed E-state index contributed by atoms with van der Waals surface area (Å²) in [5.74, 6) is 0. The molecule has 0 bridgehead atoms. The van der Waals surface area contributed by atoms with Gasteiger partial charge in [0.25, 0.3) is 0 Å². The normalized spacial score (nSPS) is 23.1. The van der Waals surface area contributed by atoms with Gasteiger partial charge in [0.05, 0.1) is 11.2 Å². The van der Waals surface area contributed by atoms with Crippen molar-refractivity contribution in [3.8, 4) is 0 Å². The molecule has 0 aliphatic heterocycles. The second kappa shape index (κ2) is 5.60. The number of nitrogens with one attached hydrogen (secondary N) is 2. The molecule has 94 valence electrons. The molecule has 0 radical (unpaired) electrons. The van der Waals surface area contributed by atoms with E-state index in [0.29, 0.717) is 0 Å². The zero-order valence-electron chi connectivity index (χ0n) is 10.7. The summed E-state index contributed by atoms with van der Waals surface area (Å²) in [6.07, 6.45) is 7.37. The first kappa shape index (κ1) is 12.5. The first-order chi connectivity index (χ1) is 8.68. The molecule has 0 aromatic heterocycles. The third kappa shape index (κ3) is 3.53. The molecule has 0 heterocycles.